The minimum atomic E-state index is -0.876. The van der Waals surface area contributed by atoms with Crippen molar-refractivity contribution in [3.8, 4) is 11.1 Å². The maximum Gasteiger partial charge on any atom is 0.313 e. The average molecular weight is 279 g/mol. The van der Waals surface area contributed by atoms with Crippen LogP contribution in [0.4, 0.5) is 0 Å². The van der Waals surface area contributed by atoms with E-state index >= 15 is 0 Å². The molecule has 0 aliphatic heterocycles. The summed E-state index contributed by atoms with van der Waals surface area (Å²) in [5.41, 5.74) is 3.24. The number of fused-ring (bicyclic) bond motifs is 1. The molecule has 3 heteroatoms. The second kappa shape index (κ2) is 4.77. The molecular weight excluding hydrogens is 262 g/mol. The van der Waals surface area contributed by atoms with Crippen molar-refractivity contribution >= 4 is 16.9 Å². The molecule has 106 valence electrons. The number of para-hydroxylation sites is 1. The molecule has 0 amide bonds. The zero-order valence-corrected chi connectivity index (χ0v) is 12.1. The van der Waals surface area contributed by atoms with E-state index < -0.39 is 11.4 Å². The summed E-state index contributed by atoms with van der Waals surface area (Å²) in [7, 11) is 0. The summed E-state index contributed by atoms with van der Waals surface area (Å²) in [5.74, 6) is -0.817. The third kappa shape index (κ3) is 2.21. The first-order chi connectivity index (χ1) is 10.00. The van der Waals surface area contributed by atoms with Crippen LogP contribution in [-0.4, -0.2) is 16.1 Å². The number of H-pyrrole nitrogens is 1. The average Bonchev–Trinajstić information content (AvgIpc) is 2.91. The number of hydrogen-bond donors (Lipinski definition) is 2. The van der Waals surface area contributed by atoms with E-state index in [2.05, 4.69) is 11.1 Å². The van der Waals surface area contributed by atoms with Crippen LogP contribution in [0.1, 0.15) is 19.4 Å². The number of carboxylic acid groups (broad SMARTS) is 1. The Hall–Kier alpha value is -2.55. The van der Waals surface area contributed by atoms with Gasteiger partial charge in [0.05, 0.1) is 5.41 Å². The number of aromatic nitrogens is 1. The lowest BCUT2D eigenvalue weighted by molar-refractivity contribution is -0.142. The lowest BCUT2D eigenvalue weighted by Crippen LogP contribution is -2.28. The second-order valence-corrected chi connectivity index (χ2v) is 5.76. The van der Waals surface area contributed by atoms with Gasteiger partial charge in [-0.15, -0.1) is 0 Å². The number of aliphatic carboxylic acids is 1. The summed E-state index contributed by atoms with van der Waals surface area (Å²) in [5, 5.41) is 10.5. The van der Waals surface area contributed by atoms with Crippen LogP contribution in [0, 0.1) is 0 Å². The molecule has 21 heavy (non-hydrogen) atoms. The van der Waals surface area contributed by atoms with Crippen LogP contribution in [0.3, 0.4) is 0 Å². The van der Waals surface area contributed by atoms with Gasteiger partial charge in [0.2, 0.25) is 0 Å². The van der Waals surface area contributed by atoms with Gasteiger partial charge in [-0.3, -0.25) is 4.79 Å². The van der Waals surface area contributed by atoms with Crippen LogP contribution in [-0.2, 0) is 10.2 Å². The fraction of sp³-hybridized carbons (Fsp3) is 0.167. The summed E-state index contributed by atoms with van der Waals surface area (Å²) in [4.78, 5) is 14.6. The molecule has 0 atom stereocenters. The maximum absolute atomic E-state index is 11.3. The molecule has 3 nitrogen and oxygen atoms in total. The molecule has 0 aliphatic carbocycles. The van der Waals surface area contributed by atoms with E-state index in [0.29, 0.717) is 0 Å². The highest BCUT2D eigenvalue weighted by molar-refractivity contribution is 5.95. The minimum absolute atomic E-state index is 0.804. The summed E-state index contributed by atoms with van der Waals surface area (Å²) in [6.07, 6.45) is 1.99. The topological polar surface area (TPSA) is 53.1 Å². The van der Waals surface area contributed by atoms with Gasteiger partial charge in [-0.25, -0.2) is 0 Å². The van der Waals surface area contributed by atoms with Crippen LogP contribution in [0.25, 0.3) is 22.0 Å². The van der Waals surface area contributed by atoms with Crippen molar-refractivity contribution in [1.29, 1.82) is 0 Å². The second-order valence-electron chi connectivity index (χ2n) is 5.76. The Balaban J connectivity index is 2.04. The SMILES string of the molecule is CC(C)(C(=O)O)c1ccc(-c2c[nH]c3ccccc23)cc1. The largest absolute Gasteiger partial charge is 0.481 e. The first-order valence-electron chi connectivity index (χ1n) is 6.90. The molecule has 0 spiro atoms. The number of hydrogen-bond acceptors (Lipinski definition) is 1. The van der Waals surface area contributed by atoms with E-state index in [-0.39, 0.29) is 0 Å². The molecule has 0 saturated carbocycles. The van der Waals surface area contributed by atoms with Crippen LogP contribution < -0.4 is 0 Å². The van der Waals surface area contributed by atoms with Crippen LogP contribution >= 0.6 is 0 Å². The quantitative estimate of drug-likeness (QED) is 0.755. The van der Waals surface area contributed by atoms with Crippen molar-refractivity contribution in [2.45, 2.75) is 19.3 Å². The molecule has 3 aromatic rings. The van der Waals surface area contributed by atoms with Crippen molar-refractivity contribution in [1.82, 2.24) is 4.98 Å². The molecule has 2 aromatic carbocycles. The molecule has 0 fully saturated rings. The molecule has 0 bridgehead atoms. The molecule has 0 saturated heterocycles. The number of carbonyl (C=O) groups is 1. The Morgan fingerprint density at radius 3 is 2.38 bits per heavy atom. The van der Waals surface area contributed by atoms with E-state index in [1.54, 1.807) is 13.8 Å². The van der Waals surface area contributed by atoms with E-state index in [9.17, 15) is 9.90 Å². The van der Waals surface area contributed by atoms with Gasteiger partial charge in [-0.05, 0) is 31.0 Å². The van der Waals surface area contributed by atoms with Crippen molar-refractivity contribution in [2.75, 3.05) is 0 Å². The molecule has 1 aromatic heterocycles. The Morgan fingerprint density at radius 1 is 1.05 bits per heavy atom. The van der Waals surface area contributed by atoms with Gasteiger partial charge in [0.1, 0.15) is 0 Å². The first-order valence-corrected chi connectivity index (χ1v) is 6.90. The normalized spacial score (nSPS) is 11.7. The third-order valence-electron chi connectivity index (χ3n) is 4.04. The molecule has 0 radical (unpaired) electrons. The van der Waals surface area contributed by atoms with Crippen LogP contribution in [0.2, 0.25) is 0 Å². The van der Waals surface area contributed by atoms with Crippen molar-refractivity contribution < 1.29 is 9.90 Å². The predicted molar refractivity (Wildman–Crippen MR) is 84.4 cm³/mol. The highest BCUT2D eigenvalue weighted by Gasteiger charge is 2.29. The highest BCUT2D eigenvalue weighted by Crippen LogP contribution is 2.31. The third-order valence-corrected chi connectivity index (χ3v) is 4.04. The van der Waals surface area contributed by atoms with Gasteiger partial charge in [-0.2, -0.15) is 0 Å². The van der Waals surface area contributed by atoms with Gasteiger partial charge in [0.25, 0.3) is 0 Å². The van der Waals surface area contributed by atoms with Gasteiger partial charge < -0.3 is 10.1 Å². The number of carboxylic acids is 1. The van der Waals surface area contributed by atoms with Gasteiger partial charge in [0.15, 0.2) is 0 Å². The Bertz CT molecular complexity index is 797. The zero-order chi connectivity index (χ0) is 15.0. The molecule has 3 rings (SSSR count). The maximum atomic E-state index is 11.3. The summed E-state index contributed by atoms with van der Waals surface area (Å²) in [6, 6.07) is 15.9. The monoisotopic (exact) mass is 279 g/mol. The van der Waals surface area contributed by atoms with E-state index in [4.69, 9.17) is 0 Å². The Kier molecular flexibility index (Phi) is 3.05. The van der Waals surface area contributed by atoms with Gasteiger partial charge in [0, 0.05) is 22.7 Å². The van der Waals surface area contributed by atoms with Crippen molar-refractivity contribution in [3.05, 3.63) is 60.3 Å². The lowest BCUT2D eigenvalue weighted by atomic mass is 9.84. The minimum Gasteiger partial charge on any atom is -0.481 e. The van der Waals surface area contributed by atoms with Gasteiger partial charge >= 0.3 is 5.97 Å². The summed E-state index contributed by atoms with van der Waals surface area (Å²) >= 11 is 0. The molecule has 1 heterocycles. The highest BCUT2D eigenvalue weighted by atomic mass is 16.4. The predicted octanol–water partition coefficient (Wildman–Crippen LogP) is 4.20. The molecular formula is C18H17NO2. The van der Waals surface area contributed by atoms with Crippen molar-refractivity contribution in [3.63, 3.8) is 0 Å². The fourth-order valence-electron chi connectivity index (χ4n) is 2.50. The fourth-order valence-corrected chi connectivity index (χ4v) is 2.50. The molecule has 0 unspecified atom stereocenters. The number of rotatable bonds is 3. The number of nitrogens with one attached hydrogen (secondary N) is 1. The standard InChI is InChI=1S/C18H17NO2/c1-18(2,17(20)21)13-9-7-12(8-10-13)15-11-19-16-6-4-3-5-14(15)16/h3-11,19H,1-2H3,(H,20,21). The Morgan fingerprint density at radius 2 is 1.71 bits per heavy atom. The van der Waals surface area contributed by atoms with E-state index in [0.717, 1.165) is 22.2 Å². The summed E-state index contributed by atoms with van der Waals surface area (Å²) in [6.45, 7) is 3.44. The Labute approximate surface area is 123 Å². The molecule has 0 aliphatic rings. The number of aromatic amines is 1. The zero-order valence-electron chi connectivity index (χ0n) is 12.1. The van der Waals surface area contributed by atoms with Crippen molar-refractivity contribution in [2.24, 2.45) is 0 Å². The van der Waals surface area contributed by atoms with E-state index in [1.807, 2.05) is 48.7 Å². The summed E-state index contributed by atoms with van der Waals surface area (Å²) < 4.78 is 0. The molecule has 2 N–H and O–H groups in total. The van der Waals surface area contributed by atoms with Gasteiger partial charge in [-0.1, -0.05) is 42.5 Å². The lowest BCUT2D eigenvalue weighted by Gasteiger charge is -2.19. The van der Waals surface area contributed by atoms with Crippen LogP contribution in [0.15, 0.2) is 54.7 Å². The first kappa shape index (κ1) is 13.4. The number of benzene rings is 2. The van der Waals surface area contributed by atoms with Crippen LogP contribution in [0.5, 0.6) is 0 Å². The van der Waals surface area contributed by atoms with E-state index in [1.165, 1.54) is 5.39 Å². The smallest absolute Gasteiger partial charge is 0.313 e.